The first-order valence-electron chi connectivity index (χ1n) is 12.5. The average Bonchev–Trinajstić information content (AvgIpc) is 3.68. The number of hydrogen-bond donors (Lipinski definition) is 0. The minimum absolute atomic E-state index is 0.179. The lowest BCUT2D eigenvalue weighted by molar-refractivity contribution is 0.628. The average molecular weight is 559 g/mol. The lowest BCUT2D eigenvalue weighted by atomic mass is 10.0. The summed E-state index contributed by atoms with van der Waals surface area (Å²) in [7, 11) is 0. The maximum atomic E-state index is 15.0. The Bertz CT molecular complexity index is 1760. The molecule has 3 heterocycles. The van der Waals surface area contributed by atoms with Crippen molar-refractivity contribution in [3.8, 4) is 41.8 Å². The molecule has 38 heavy (non-hydrogen) atoms. The molecule has 0 bridgehead atoms. The summed E-state index contributed by atoms with van der Waals surface area (Å²) in [5.41, 5.74) is 6.02. The Hall–Kier alpha value is -3.26. The van der Waals surface area contributed by atoms with Crippen LogP contribution >= 0.6 is 34.2 Å². The standard InChI is InChI=1S/C31H24F2N2S3/c1-3-4-5-19-7-9-21(25(33)17-19)27-12-14-28(36-27)22-10-11-23(31-30(22)34-35-38-31)29-15-13-26(37-29)20-8-6-18(2)16-24(20)32/h6-17H,3-5H2,1-2H3. The van der Waals surface area contributed by atoms with E-state index in [2.05, 4.69) is 28.6 Å². The van der Waals surface area contributed by atoms with Crippen LogP contribution in [0.15, 0.2) is 72.8 Å². The Morgan fingerprint density at radius 3 is 1.92 bits per heavy atom. The topological polar surface area (TPSA) is 25.8 Å². The summed E-state index contributed by atoms with van der Waals surface area (Å²) in [4.78, 5) is 3.84. The number of aryl methyl sites for hydroxylation is 2. The Morgan fingerprint density at radius 2 is 1.26 bits per heavy atom. The van der Waals surface area contributed by atoms with Gasteiger partial charge in [-0.2, -0.15) is 0 Å². The first kappa shape index (κ1) is 25.0. The lowest BCUT2D eigenvalue weighted by Gasteiger charge is -2.05. The SMILES string of the molecule is CCCCc1ccc(-c2ccc(-c3ccc(-c4ccc(-c5ccc(C)cc5F)s4)c4snnc34)s2)c(F)c1. The summed E-state index contributed by atoms with van der Waals surface area (Å²) in [6.45, 7) is 4.03. The number of fused-ring (bicyclic) bond motifs is 1. The smallest absolute Gasteiger partial charge is 0.132 e. The highest BCUT2D eigenvalue weighted by Crippen LogP contribution is 2.44. The number of benzene rings is 3. The molecule has 0 atom stereocenters. The van der Waals surface area contributed by atoms with Crippen molar-refractivity contribution < 1.29 is 8.78 Å². The second kappa shape index (κ2) is 10.5. The summed E-state index contributed by atoms with van der Waals surface area (Å²) in [5.74, 6) is -0.389. The predicted molar refractivity (Wildman–Crippen MR) is 158 cm³/mol. The van der Waals surface area contributed by atoms with Crippen LogP contribution in [0.5, 0.6) is 0 Å². The third kappa shape index (κ3) is 4.70. The van der Waals surface area contributed by atoms with Crippen molar-refractivity contribution in [1.29, 1.82) is 0 Å². The van der Waals surface area contributed by atoms with Gasteiger partial charge in [0.1, 0.15) is 17.2 Å². The van der Waals surface area contributed by atoms with Gasteiger partial charge in [-0.3, -0.25) is 0 Å². The number of halogens is 2. The van der Waals surface area contributed by atoms with Crippen molar-refractivity contribution in [3.05, 3.63) is 95.6 Å². The lowest BCUT2D eigenvalue weighted by Crippen LogP contribution is -1.88. The molecule has 0 fully saturated rings. The van der Waals surface area contributed by atoms with Gasteiger partial charge in [0.15, 0.2) is 0 Å². The highest BCUT2D eigenvalue weighted by Gasteiger charge is 2.18. The molecule has 190 valence electrons. The molecule has 0 amide bonds. The van der Waals surface area contributed by atoms with Crippen LogP contribution in [-0.2, 0) is 6.42 Å². The van der Waals surface area contributed by atoms with Gasteiger partial charge in [0, 0.05) is 41.8 Å². The zero-order chi connectivity index (χ0) is 26.2. The van der Waals surface area contributed by atoms with E-state index >= 15 is 0 Å². The molecule has 0 spiro atoms. The molecule has 2 nitrogen and oxygen atoms in total. The van der Waals surface area contributed by atoms with Crippen molar-refractivity contribution in [3.63, 3.8) is 0 Å². The molecule has 0 aliphatic carbocycles. The number of aromatic nitrogens is 2. The Labute approximate surface area is 232 Å². The van der Waals surface area contributed by atoms with Gasteiger partial charge in [-0.1, -0.05) is 54.2 Å². The Kier molecular flexibility index (Phi) is 6.91. The maximum absolute atomic E-state index is 15.0. The van der Waals surface area contributed by atoms with Crippen LogP contribution in [0.1, 0.15) is 30.9 Å². The zero-order valence-electron chi connectivity index (χ0n) is 20.9. The summed E-state index contributed by atoms with van der Waals surface area (Å²) in [6, 6.07) is 23.1. The van der Waals surface area contributed by atoms with E-state index in [1.807, 2.05) is 55.5 Å². The van der Waals surface area contributed by atoms with Crippen LogP contribution in [0.2, 0.25) is 0 Å². The van der Waals surface area contributed by atoms with Gasteiger partial charge in [0.05, 0.1) is 4.70 Å². The van der Waals surface area contributed by atoms with Crippen LogP contribution in [0, 0.1) is 18.6 Å². The quantitative estimate of drug-likeness (QED) is 0.195. The monoisotopic (exact) mass is 558 g/mol. The first-order valence-corrected chi connectivity index (χ1v) is 14.9. The maximum Gasteiger partial charge on any atom is 0.132 e. The summed E-state index contributed by atoms with van der Waals surface area (Å²) >= 11 is 4.48. The first-order chi connectivity index (χ1) is 18.5. The number of nitrogens with zero attached hydrogens (tertiary/aromatic N) is 2. The third-order valence-corrected chi connectivity index (χ3v) is 9.72. The minimum atomic E-state index is -0.209. The summed E-state index contributed by atoms with van der Waals surface area (Å²) in [6.07, 6.45) is 3.05. The van der Waals surface area contributed by atoms with Gasteiger partial charge in [-0.05, 0) is 78.8 Å². The molecule has 0 unspecified atom stereocenters. The van der Waals surface area contributed by atoms with Crippen LogP contribution in [0.4, 0.5) is 8.78 Å². The van der Waals surface area contributed by atoms with Gasteiger partial charge in [0.25, 0.3) is 0 Å². The van der Waals surface area contributed by atoms with Crippen LogP contribution in [-0.4, -0.2) is 9.59 Å². The van der Waals surface area contributed by atoms with Gasteiger partial charge >= 0.3 is 0 Å². The molecule has 0 N–H and O–H groups in total. The fourth-order valence-corrected chi connectivity index (χ4v) is 7.53. The van der Waals surface area contributed by atoms with Crippen molar-refractivity contribution in [2.24, 2.45) is 0 Å². The fraction of sp³-hybridized carbons (Fsp3) is 0.161. The number of unbranched alkanes of at least 4 members (excludes halogenated alkanes) is 1. The molecule has 3 aromatic heterocycles. The molecule has 3 aromatic carbocycles. The highest BCUT2D eigenvalue weighted by atomic mass is 32.1. The molecule has 0 saturated heterocycles. The zero-order valence-corrected chi connectivity index (χ0v) is 23.4. The minimum Gasteiger partial charge on any atom is -0.206 e. The van der Waals surface area contributed by atoms with E-state index in [0.29, 0.717) is 11.1 Å². The van der Waals surface area contributed by atoms with Crippen LogP contribution < -0.4 is 0 Å². The molecule has 0 saturated carbocycles. The van der Waals surface area contributed by atoms with E-state index < -0.39 is 0 Å². The molecule has 7 heteroatoms. The van der Waals surface area contributed by atoms with E-state index in [1.165, 1.54) is 11.5 Å². The Morgan fingerprint density at radius 1 is 0.684 bits per heavy atom. The van der Waals surface area contributed by atoms with Gasteiger partial charge in [-0.25, -0.2) is 8.78 Å². The van der Waals surface area contributed by atoms with E-state index in [9.17, 15) is 8.78 Å². The molecular formula is C31H24F2N2S3. The van der Waals surface area contributed by atoms with Crippen molar-refractivity contribution in [2.75, 3.05) is 0 Å². The summed E-state index contributed by atoms with van der Waals surface area (Å²) < 4.78 is 34.8. The Balaban J connectivity index is 1.33. The van der Waals surface area contributed by atoms with E-state index in [1.54, 1.807) is 34.8 Å². The number of hydrogen-bond acceptors (Lipinski definition) is 5. The normalized spacial score (nSPS) is 11.5. The molecule has 0 aliphatic heterocycles. The van der Waals surface area contributed by atoms with Crippen LogP contribution in [0.25, 0.3) is 52.0 Å². The van der Waals surface area contributed by atoms with Gasteiger partial charge in [0.2, 0.25) is 0 Å². The molecule has 0 aliphatic rings. The van der Waals surface area contributed by atoms with Crippen molar-refractivity contribution in [1.82, 2.24) is 9.59 Å². The van der Waals surface area contributed by atoms with Crippen LogP contribution in [0.3, 0.4) is 0 Å². The summed E-state index contributed by atoms with van der Waals surface area (Å²) in [5, 5.41) is 4.46. The number of rotatable bonds is 7. The highest BCUT2D eigenvalue weighted by molar-refractivity contribution is 7.20. The second-order valence-corrected chi connectivity index (χ2v) is 12.3. The van der Waals surface area contributed by atoms with Gasteiger partial charge in [-0.15, -0.1) is 27.8 Å². The number of thiophene rings is 2. The molecule has 6 rings (SSSR count). The van der Waals surface area contributed by atoms with Crippen molar-refractivity contribution >= 4 is 44.4 Å². The molecule has 0 radical (unpaired) electrons. The van der Waals surface area contributed by atoms with E-state index in [-0.39, 0.29) is 11.6 Å². The largest absolute Gasteiger partial charge is 0.206 e. The van der Waals surface area contributed by atoms with Gasteiger partial charge < -0.3 is 0 Å². The van der Waals surface area contributed by atoms with E-state index in [4.69, 9.17) is 0 Å². The predicted octanol–water partition coefficient (Wildman–Crippen LogP) is 10.4. The van der Waals surface area contributed by atoms with E-state index in [0.717, 1.165) is 71.2 Å². The molecular weight excluding hydrogens is 535 g/mol. The second-order valence-electron chi connectivity index (χ2n) is 9.34. The molecule has 6 aromatic rings. The third-order valence-electron chi connectivity index (χ3n) is 6.66. The van der Waals surface area contributed by atoms with Crippen molar-refractivity contribution in [2.45, 2.75) is 33.1 Å². The fourth-order valence-electron chi connectivity index (χ4n) is 4.63.